The number of rotatable bonds is 12. The molecule has 184 valence electrons. The van der Waals surface area contributed by atoms with E-state index in [0.29, 0.717) is 25.8 Å². The van der Waals surface area contributed by atoms with Crippen LogP contribution >= 0.6 is 24.0 Å². The van der Waals surface area contributed by atoms with Crippen molar-refractivity contribution in [2.24, 2.45) is 4.99 Å². The van der Waals surface area contributed by atoms with Crippen LogP contribution in [0.2, 0.25) is 0 Å². The highest BCUT2D eigenvalue weighted by molar-refractivity contribution is 14.0. The Bertz CT molecular complexity index is 494. The van der Waals surface area contributed by atoms with Crippen molar-refractivity contribution in [3.05, 3.63) is 0 Å². The van der Waals surface area contributed by atoms with Crippen LogP contribution in [0.1, 0.15) is 73.1 Å². The molecule has 0 aliphatic carbocycles. The summed E-state index contributed by atoms with van der Waals surface area (Å²) in [6, 6.07) is 0.0914. The predicted molar refractivity (Wildman–Crippen MR) is 136 cm³/mol. The van der Waals surface area contributed by atoms with Gasteiger partial charge in [-0.15, -0.1) is 24.0 Å². The lowest BCUT2D eigenvalue weighted by molar-refractivity contribution is -0.0318. The Labute approximate surface area is 206 Å². The van der Waals surface area contributed by atoms with Gasteiger partial charge in [-0.2, -0.15) is 0 Å². The van der Waals surface area contributed by atoms with Crippen LogP contribution in [0.25, 0.3) is 0 Å². The number of nitrogens with zero attached hydrogens (tertiary/aromatic N) is 1. The largest absolute Gasteiger partial charge is 0.444 e. The Morgan fingerprint density at radius 3 is 2.48 bits per heavy atom. The maximum atomic E-state index is 12.0. The van der Waals surface area contributed by atoms with Crippen molar-refractivity contribution in [3.63, 3.8) is 0 Å². The third-order valence-corrected chi connectivity index (χ3v) is 4.58. The summed E-state index contributed by atoms with van der Waals surface area (Å²) in [6.45, 7) is 14.1. The molecule has 1 aliphatic heterocycles. The van der Waals surface area contributed by atoms with Gasteiger partial charge >= 0.3 is 6.09 Å². The van der Waals surface area contributed by atoms with Crippen molar-refractivity contribution in [3.8, 4) is 0 Å². The van der Waals surface area contributed by atoms with Crippen LogP contribution in [-0.4, -0.2) is 69.3 Å². The predicted octanol–water partition coefficient (Wildman–Crippen LogP) is 3.83. The van der Waals surface area contributed by atoms with E-state index in [-0.39, 0.29) is 30.0 Å². The zero-order chi connectivity index (χ0) is 22.2. The highest BCUT2D eigenvalue weighted by Gasteiger charge is 2.18. The Kier molecular flexibility index (Phi) is 17.2. The first-order chi connectivity index (χ1) is 14.3. The second-order valence-electron chi connectivity index (χ2n) is 8.66. The fraction of sp³-hybridized carbons (Fsp3) is 0.909. The molecule has 8 nitrogen and oxygen atoms in total. The summed E-state index contributed by atoms with van der Waals surface area (Å²) >= 11 is 0. The molecule has 1 fully saturated rings. The number of unbranched alkanes of at least 4 members (excludes halogenated alkanes) is 1. The Morgan fingerprint density at radius 1 is 1.16 bits per heavy atom. The van der Waals surface area contributed by atoms with E-state index in [1.54, 1.807) is 0 Å². The number of guanidine groups is 1. The number of carbonyl (C=O) groups excluding carboxylic acids is 1. The number of nitrogens with one attached hydrogen (secondary N) is 3. The third kappa shape index (κ3) is 16.5. The third-order valence-electron chi connectivity index (χ3n) is 4.58. The number of ether oxygens (including phenoxy) is 3. The summed E-state index contributed by atoms with van der Waals surface area (Å²) < 4.78 is 16.6. The minimum Gasteiger partial charge on any atom is -0.444 e. The number of hydrogen-bond donors (Lipinski definition) is 3. The lowest BCUT2D eigenvalue weighted by Gasteiger charge is -2.24. The Hall–Kier alpha value is -0.810. The van der Waals surface area contributed by atoms with Gasteiger partial charge in [-0.25, -0.2) is 4.79 Å². The molecular formula is C22H45IN4O4. The van der Waals surface area contributed by atoms with E-state index in [1.165, 1.54) is 0 Å². The first kappa shape index (κ1) is 30.2. The van der Waals surface area contributed by atoms with Crippen LogP contribution in [0.5, 0.6) is 0 Å². The van der Waals surface area contributed by atoms with E-state index >= 15 is 0 Å². The van der Waals surface area contributed by atoms with Gasteiger partial charge in [0.15, 0.2) is 5.96 Å². The number of alkyl carbamates (subject to hydrolysis) is 1. The van der Waals surface area contributed by atoms with Crippen molar-refractivity contribution in [1.82, 2.24) is 16.0 Å². The number of amides is 1. The first-order valence-corrected chi connectivity index (χ1v) is 11.5. The molecule has 0 saturated carbocycles. The highest BCUT2D eigenvalue weighted by Crippen LogP contribution is 2.10. The molecule has 3 N–H and O–H groups in total. The minimum absolute atomic E-state index is 0. The number of halogens is 1. The summed E-state index contributed by atoms with van der Waals surface area (Å²) in [5.41, 5.74) is -0.500. The first-order valence-electron chi connectivity index (χ1n) is 11.5. The topological polar surface area (TPSA) is 93.2 Å². The molecule has 1 atom stereocenters. The lowest BCUT2D eigenvalue weighted by Crippen LogP contribution is -2.49. The second-order valence-corrected chi connectivity index (χ2v) is 8.66. The highest BCUT2D eigenvalue weighted by atomic mass is 127. The number of aliphatic imine (C=N–C) groups is 1. The van der Waals surface area contributed by atoms with E-state index in [1.807, 2.05) is 27.7 Å². The molecule has 1 heterocycles. The Balaban J connectivity index is 0.00000900. The summed E-state index contributed by atoms with van der Waals surface area (Å²) in [4.78, 5) is 16.7. The molecule has 0 spiro atoms. The van der Waals surface area contributed by atoms with Crippen LogP contribution in [0.4, 0.5) is 4.79 Å². The second kappa shape index (κ2) is 17.7. The van der Waals surface area contributed by atoms with Gasteiger partial charge in [0, 0.05) is 45.5 Å². The molecule has 9 heteroatoms. The molecule has 0 radical (unpaired) electrons. The van der Waals surface area contributed by atoms with Crippen LogP contribution in [0.15, 0.2) is 4.99 Å². The monoisotopic (exact) mass is 556 g/mol. The standard InChI is InChI=1S/C22H44N4O4.HI/c1-6-8-10-18(17-25-21(27)30-22(3,4)5)26-20(23-7-2)24-13-9-14-29-19-11-15-28-16-12-19;/h18-19H,6-17H2,1-5H3,(H,25,27)(H2,23,24,26);1H. The van der Waals surface area contributed by atoms with Crippen molar-refractivity contribution >= 4 is 36.0 Å². The zero-order valence-electron chi connectivity index (χ0n) is 20.1. The summed E-state index contributed by atoms with van der Waals surface area (Å²) in [5, 5.41) is 9.62. The number of carbonyl (C=O) groups is 1. The fourth-order valence-electron chi connectivity index (χ4n) is 3.06. The summed E-state index contributed by atoms with van der Waals surface area (Å²) in [7, 11) is 0. The van der Waals surface area contributed by atoms with Crippen LogP contribution < -0.4 is 16.0 Å². The maximum Gasteiger partial charge on any atom is 0.407 e. The van der Waals surface area contributed by atoms with Gasteiger partial charge in [0.25, 0.3) is 0 Å². The molecule has 31 heavy (non-hydrogen) atoms. The quantitative estimate of drug-likeness (QED) is 0.147. The molecule has 1 amide bonds. The summed E-state index contributed by atoms with van der Waals surface area (Å²) in [6.07, 6.45) is 5.90. The van der Waals surface area contributed by atoms with Gasteiger partial charge in [0.05, 0.1) is 6.10 Å². The van der Waals surface area contributed by atoms with Gasteiger partial charge in [-0.05, 0) is 53.4 Å². The van der Waals surface area contributed by atoms with Gasteiger partial charge < -0.3 is 30.2 Å². The SMILES string of the molecule is CCCCC(CNC(=O)OC(C)(C)C)NC(=NCCCOC1CCOCC1)NCC.I. The molecule has 0 aromatic rings. The lowest BCUT2D eigenvalue weighted by atomic mass is 10.1. The molecule has 1 aliphatic rings. The summed E-state index contributed by atoms with van der Waals surface area (Å²) in [5.74, 6) is 0.774. The average Bonchev–Trinajstić information content (AvgIpc) is 2.69. The normalized spacial score (nSPS) is 16.2. The van der Waals surface area contributed by atoms with Gasteiger partial charge in [-0.1, -0.05) is 19.8 Å². The van der Waals surface area contributed by atoms with Gasteiger partial charge in [0.2, 0.25) is 0 Å². The zero-order valence-corrected chi connectivity index (χ0v) is 22.5. The molecule has 0 aromatic carbocycles. The van der Waals surface area contributed by atoms with Gasteiger partial charge in [0.1, 0.15) is 5.60 Å². The van der Waals surface area contributed by atoms with Crippen molar-refractivity contribution in [1.29, 1.82) is 0 Å². The van der Waals surface area contributed by atoms with Crippen molar-refractivity contribution in [2.45, 2.75) is 90.9 Å². The average molecular weight is 557 g/mol. The van der Waals surface area contributed by atoms with Crippen LogP contribution in [0, 0.1) is 0 Å². The van der Waals surface area contributed by atoms with Crippen molar-refractivity contribution < 1.29 is 19.0 Å². The van der Waals surface area contributed by atoms with E-state index in [2.05, 4.69) is 27.9 Å². The van der Waals surface area contributed by atoms with Crippen molar-refractivity contribution in [2.75, 3.05) is 39.5 Å². The maximum absolute atomic E-state index is 12.0. The van der Waals surface area contributed by atoms with Crippen LogP contribution in [0.3, 0.4) is 0 Å². The molecule has 1 saturated heterocycles. The number of hydrogen-bond acceptors (Lipinski definition) is 5. The van der Waals surface area contributed by atoms with Gasteiger partial charge in [-0.3, -0.25) is 4.99 Å². The molecule has 0 aromatic heterocycles. The fourth-order valence-corrected chi connectivity index (χ4v) is 3.06. The van der Waals surface area contributed by atoms with E-state index in [4.69, 9.17) is 14.2 Å². The van der Waals surface area contributed by atoms with E-state index in [9.17, 15) is 4.79 Å². The van der Waals surface area contributed by atoms with E-state index < -0.39 is 11.7 Å². The molecular weight excluding hydrogens is 511 g/mol. The van der Waals surface area contributed by atoms with Crippen LogP contribution in [-0.2, 0) is 14.2 Å². The molecule has 1 rings (SSSR count). The molecule has 0 bridgehead atoms. The Morgan fingerprint density at radius 2 is 1.87 bits per heavy atom. The van der Waals surface area contributed by atoms with E-state index in [0.717, 1.165) is 64.2 Å². The smallest absolute Gasteiger partial charge is 0.407 e. The minimum atomic E-state index is -0.500. The molecule has 1 unspecified atom stereocenters.